The van der Waals surface area contributed by atoms with Crippen LogP contribution in [0.25, 0.3) is 0 Å². The van der Waals surface area contributed by atoms with Gasteiger partial charge in [-0.2, -0.15) is 0 Å². The fraction of sp³-hybridized carbons (Fsp3) is 0.381. The van der Waals surface area contributed by atoms with Gasteiger partial charge in [0.2, 0.25) is 0 Å². The Balaban J connectivity index is 2.04. The van der Waals surface area contributed by atoms with Crippen LogP contribution in [-0.2, 0) is 9.47 Å². The number of nitrogens with zero attached hydrogens (tertiary/aromatic N) is 1. The quantitative estimate of drug-likeness (QED) is 0.267. The molecule has 2 aromatic rings. The maximum Gasteiger partial charge on any atom is 0.515 e. The average molecular weight is 357 g/mol. The fourth-order valence-electron chi connectivity index (χ4n) is 2.60. The number of hydrogen-bond donors (Lipinski definition) is 0. The van der Waals surface area contributed by atoms with Gasteiger partial charge in [-0.3, -0.25) is 0 Å². The minimum Gasteiger partial charge on any atom is -0.410 e. The van der Waals surface area contributed by atoms with Gasteiger partial charge in [-0.05, 0) is 44.5 Å². The highest BCUT2D eigenvalue weighted by atomic mass is 16.7. The van der Waals surface area contributed by atoms with E-state index in [1.807, 2.05) is 48.2 Å². The summed E-state index contributed by atoms with van der Waals surface area (Å²) in [6.45, 7) is 6.53. The van der Waals surface area contributed by atoms with Crippen molar-refractivity contribution in [1.82, 2.24) is 0 Å². The zero-order valence-electron chi connectivity index (χ0n) is 15.6. The van der Waals surface area contributed by atoms with Gasteiger partial charge in [0.15, 0.2) is 6.23 Å². The van der Waals surface area contributed by atoms with Gasteiger partial charge in [-0.15, -0.1) is 0 Å². The van der Waals surface area contributed by atoms with Crippen molar-refractivity contribution in [3.05, 3.63) is 60.7 Å². The highest BCUT2D eigenvalue weighted by Crippen LogP contribution is 2.22. The molecule has 0 N–H and O–H groups in total. The zero-order chi connectivity index (χ0) is 18.8. The van der Waals surface area contributed by atoms with Crippen molar-refractivity contribution in [2.75, 3.05) is 11.5 Å². The molecule has 2 aromatic carbocycles. The van der Waals surface area contributed by atoms with Gasteiger partial charge in [0.25, 0.3) is 0 Å². The number of carbonyl (C=O) groups is 1. The average Bonchev–Trinajstić information content (AvgIpc) is 2.63. The Bertz CT molecular complexity index is 648. The summed E-state index contributed by atoms with van der Waals surface area (Å²) in [6.07, 6.45) is 0.505. The van der Waals surface area contributed by atoms with Gasteiger partial charge >= 0.3 is 6.16 Å². The van der Waals surface area contributed by atoms with Crippen molar-refractivity contribution in [3.8, 4) is 5.75 Å². The first kappa shape index (κ1) is 19.8. The SMILES string of the molecule is CCCCOC(C)N(c1ccccc1)C(C)OC(=O)Oc1ccccc1. The summed E-state index contributed by atoms with van der Waals surface area (Å²) in [4.78, 5) is 14.0. The van der Waals surface area contributed by atoms with E-state index >= 15 is 0 Å². The van der Waals surface area contributed by atoms with Crippen molar-refractivity contribution in [2.45, 2.75) is 46.1 Å². The lowest BCUT2D eigenvalue weighted by Crippen LogP contribution is -2.44. The van der Waals surface area contributed by atoms with Crippen LogP contribution in [0.15, 0.2) is 60.7 Å². The summed E-state index contributed by atoms with van der Waals surface area (Å²) in [7, 11) is 0. The Morgan fingerprint density at radius 1 is 0.962 bits per heavy atom. The molecule has 26 heavy (non-hydrogen) atoms. The minimum atomic E-state index is -0.745. The second kappa shape index (κ2) is 10.5. The van der Waals surface area contributed by atoms with E-state index in [1.54, 1.807) is 31.2 Å². The van der Waals surface area contributed by atoms with E-state index in [9.17, 15) is 4.79 Å². The molecular formula is C21H27NO4. The van der Waals surface area contributed by atoms with Gasteiger partial charge in [0, 0.05) is 12.3 Å². The summed E-state index contributed by atoms with van der Waals surface area (Å²) in [5.74, 6) is 0.447. The number of benzene rings is 2. The van der Waals surface area contributed by atoms with Gasteiger partial charge in [0.05, 0.1) is 0 Å². The lowest BCUT2D eigenvalue weighted by Gasteiger charge is -2.35. The molecule has 5 nitrogen and oxygen atoms in total. The summed E-state index contributed by atoms with van der Waals surface area (Å²) < 4.78 is 16.6. The number of rotatable bonds is 9. The predicted octanol–water partition coefficient (Wildman–Crippen LogP) is 5.22. The van der Waals surface area contributed by atoms with E-state index in [-0.39, 0.29) is 6.23 Å². The van der Waals surface area contributed by atoms with Crippen molar-refractivity contribution >= 4 is 11.8 Å². The molecule has 0 radical (unpaired) electrons. The molecule has 0 bridgehead atoms. The molecule has 0 saturated carbocycles. The van der Waals surface area contributed by atoms with Crippen LogP contribution in [0.4, 0.5) is 10.5 Å². The third kappa shape index (κ3) is 6.08. The number of ether oxygens (including phenoxy) is 3. The lowest BCUT2D eigenvalue weighted by molar-refractivity contribution is 0.0113. The third-order valence-electron chi connectivity index (χ3n) is 3.91. The van der Waals surface area contributed by atoms with Crippen LogP contribution in [0.5, 0.6) is 5.75 Å². The second-order valence-electron chi connectivity index (χ2n) is 5.95. The Morgan fingerprint density at radius 2 is 1.58 bits per heavy atom. The predicted molar refractivity (Wildman–Crippen MR) is 102 cm³/mol. The highest BCUT2D eigenvalue weighted by molar-refractivity contribution is 5.64. The van der Waals surface area contributed by atoms with Gasteiger partial charge in [0.1, 0.15) is 12.0 Å². The van der Waals surface area contributed by atoms with Gasteiger partial charge in [-0.1, -0.05) is 49.7 Å². The highest BCUT2D eigenvalue weighted by Gasteiger charge is 2.25. The molecule has 0 spiro atoms. The number of hydrogen-bond acceptors (Lipinski definition) is 5. The zero-order valence-corrected chi connectivity index (χ0v) is 15.6. The van der Waals surface area contributed by atoms with Crippen molar-refractivity contribution in [2.24, 2.45) is 0 Å². The Morgan fingerprint density at radius 3 is 2.19 bits per heavy atom. The Labute approximate surface area is 155 Å². The molecule has 5 heteroatoms. The van der Waals surface area contributed by atoms with Crippen LogP contribution in [0.2, 0.25) is 0 Å². The number of para-hydroxylation sites is 2. The minimum absolute atomic E-state index is 0.247. The molecule has 0 heterocycles. The number of anilines is 1. The molecule has 2 rings (SSSR count). The molecule has 2 unspecified atom stereocenters. The van der Waals surface area contributed by atoms with Gasteiger partial charge in [-0.25, -0.2) is 4.79 Å². The molecule has 0 amide bonds. The molecule has 0 aliphatic heterocycles. The summed E-state index contributed by atoms with van der Waals surface area (Å²) >= 11 is 0. The second-order valence-corrected chi connectivity index (χ2v) is 5.95. The topological polar surface area (TPSA) is 48.0 Å². The molecule has 2 atom stereocenters. The fourth-order valence-corrected chi connectivity index (χ4v) is 2.60. The van der Waals surface area contributed by atoms with E-state index in [2.05, 4.69) is 6.92 Å². The molecule has 0 aromatic heterocycles. The molecule has 0 fully saturated rings. The molecule has 140 valence electrons. The first-order valence-electron chi connectivity index (χ1n) is 9.00. The monoisotopic (exact) mass is 357 g/mol. The van der Waals surface area contributed by atoms with Crippen LogP contribution in [0.3, 0.4) is 0 Å². The van der Waals surface area contributed by atoms with Gasteiger partial charge < -0.3 is 19.1 Å². The van der Waals surface area contributed by atoms with Crippen LogP contribution in [-0.4, -0.2) is 25.2 Å². The molecule has 0 aliphatic rings. The summed E-state index contributed by atoms with van der Waals surface area (Å²) in [5.41, 5.74) is 0.913. The van der Waals surface area contributed by atoms with E-state index in [0.717, 1.165) is 18.5 Å². The van der Waals surface area contributed by atoms with Crippen molar-refractivity contribution in [1.29, 1.82) is 0 Å². The van der Waals surface area contributed by atoms with Crippen LogP contribution in [0, 0.1) is 0 Å². The normalized spacial score (nSPS) is 12.9. The standard InChI is InChI=1S/C21H27NO4/c1-4-5-16-24-17(2)22(19-12-8-6-9-13-19)18(3)25-21(23)26-20-14-10-7-11-15-20/h6-15,17-18H,4-5,16H2,1-3H3. The number of carbonyl (C=O) groups excluding carboxylic acids is 1. The first-order valence-corrected chi connectivity index (χ1v) is 9.00. The third-order valence-corrected chi connectivity index (χ3v) is 3.91. The lowest BCUT2D eigenvalue weighted by atomic mass is 10.2. The van der Waals surface area contributed by atoms with E-state index < -0.39 is 12.4 Å². The van der Waals surface area contributed by atoms with Crippen LogP contribution in [0.1, 0.15) is 33.6 Å². The molecular weight excluding hydrogens is 330 g/mol. The Kier molecular flexibility index (Phi) is 7.96. The Hall–Kier alpha value is -2.53. The summed E-state index contributed by atoms with van der Waals surface area (Å²) in [6, 6.07) is 18.6. The number of unbranched alkanes of at least 4 members (excludes halogenated alkanes) is 1. The summed E-state index contributed by atoms with van der Waals surface area (Å²) in [5, 5.41) is 0. The smallest absolute Gasteiger partial charge is 0.410 e. The first-order chi connectivity index (χ1) is 12.6. The van der Waals surface area contributed by atoms with E-state index in [1.165, 1.54) is 0 Å². The van der Waals surface area contributed by atoms with Crippen molar-refractivity contribution in [3.63, 3.8) is 0 Å². The molecule has 0 saturated heterocycles. The van der Waals surface area contributed by atoms with E-state index in [4.69, 9.17) is 14.2 Å². The van der Waals surface area contributed by atoms with Crippen LogP contribution < -0.4 is 9.64 Å². The largest absolute Gasteiger partial charge is 0.515 e. The maximum atomic E-state index is 12.1. The molecule has 0 aliphatic carbocycles. The van der Waals surface area contributed by atoms with Crippen molar-refractivity contribution < 1.29 is 19.0 Å². The van der Waals surface area contributed by atoms with E-state index in [0.29, 0.717) is 12.4 Å². The maximum absolute atomic E-state index is 12.1. The van der Waals surface area contributed by atoms with Crippen LogP contribution >= 0.6 is 0 Å².